The molecule has 2 heteroatoms. The Bertz CT molecular complexity index is 497. The zero-order valence-corrected chi connectivity index (χ0v) is 18.2. The fourth-order valence-corrected chi connectivity index (χ4v) is 4.20. The van der Waals surface area contributed by atoms with E-state index in [-0.39, 0.29) is 0 Å². The van der Waals surface area contributed by atoms with Crippen molar-refractivity contribution in [1.82, 2.24) is 0 Å². The van der Waals surface area contributed by atoms with Gasteiger partial charge in [-0.05, 0) is 50.3 Å². The Hall–Kier alpha value is -0.606. The Kier molecular flexibility index (Phi) is 4.68. The van der Waals surface area contributed by atoms with Crippen molar-refractivity contribution in [1.29, 1.82) is 0 Å². The molecule has 0 aromatic heterocycles. The Balaban J connectivity index is 0.000000191. The van der Waals surface area contributed by atoms with E-state index in [0.29, 0.717) is 10.1 Å². The summed E-state index contributed by atoms with van der Waals surface area (Å²) in [6.07, 6.45) is 7.06. The summed E-state index contributed by atoms with van der Waals surface area (Å²) in [4.78, 5) is 0. The van der Waals surface area contributed by atoms with Crippen molar-refractivity contribution in [3.63, 3.8) is 0 Å². The Morgan fingerprint density at radius 2 is 1.37 bits per heavy atom. The number of hydrogen-bond acceptors (Lipinski definition) is 0. The maximum absolute atomic E-state index is 2.41. The topological polar surface area (TPSA) is 0 Å². The lowest BCUT2D eigenvalue weighted by atomic mass is 10.0. The number of rotatable bonds is 0. The molecule has 2 aliphatic carbocycles. The summed E-state index contributed by atoms with van der Waals surface area (Å²) in [5.74, 6) is 0. The third-order valence-electron chi connectivity index (χ3n) is 4.75. The SMILES string of the molecule is CC1=CC(C)([SiH3])C(C)=C1.CC1=CC(C)([SiH3])C(C)=C1C. The molecule has 0 spiro atoms. The molecule has 0 fully saturated rings. The van der Waals surface area contributed by atoms with Crippen LogP contribution in [0.4, 0.5) is 0 Å². The van der Waals surface area contributed by atoms with Crippen molar-refractivity contribution in [2.45, 2.75) is 58.5 Å². The number of allylic oxidation sites excluding steroid dienone is 8. The van der Waals surface area contributed by atoms with Gasteiger partial charge in [-0.1, -0.05) is 54.4 Å². The largest absolute Gasteiger partial charge is 0.0754 e. The fraction of sp³-hybridized carbons (Fsp3) is 0.529. The summed E-state index contributed by atoms with van der Waals surface area (Å²) < 4.78 is 0. The first kappa shape index (κ1) is 16.4. The zero-order valence-electron chi connectivity index (χ0n) is 14.2. The molecule has 0 heterocycles. The molecular formula is C17H30Si2. The van der Waals surface area contributed by atoms with Gasteiger partial charge in [-0.25, -0.2) is 0 Å². The normalized spacial score (nSPS) is 33.9. The van der Waals surface area contributed by atoms with Crippen LogP contribution >= 0.6 is 0 Å². The molecule has 2 atom stereocenters. The molecule has 2 aliphatic rings. The Morgan fingerprint density at radius 3 is 1.47 bits per heavy atom. The molecule has 0 bridgehead atoms. The van der Waals surface area contributed by atoms with Crippen molar-refractivity contribution in [2.24, 2.45) is 0 Å². The van der Waals surface area contributed by atoms with Gasteiger partial charge in [0.1, 0.15) is 0 Å². The van der Waals surface area contributed by atoms with E-state index in [1.165, 1.54) is 42.8 Å². The second-order valence-corrected chi connectivity index (χ2v) is 11.4. The molecule has 0 aromatic rings. The van der Waals surface area contributed by atoms with Crippen LogP contribution in [0.1, 0.15) is 48.5 Å². The van der Waals surface area contributed by atoms with E-state index in [1.54, 1.807) is 5.57 Å². The summed E-state index contributed by atoms with van der Waals surface area (Å²) in [7, 11) is 2.48. The highest BCUT2D eigenvalue weighted by atomic mass is 28.1. The summed E-state index contributed by atoms with van der Waals surface area (Å²) >= 11 is 0. The third kappa shape index (κ3) is 3.70. The van der Waals surface area contributed by atoms with Crippen LogP contribution in [0.2, 0.25) is 10.1 Å². The smallest absolute Gasteiger partial charge is 0.0202 e. The highest BCUT2D eigenvalue weighted by Gasteiger charge is 2.24. The van der Waals surface area contributed by atoms with Gasteiger partial charge < -0.3 is 0 Å². The molecular weight excluding hydrogens is 260 g/mol. The van der Waals surface area contributed by atoms with Crippen molar-refractivity contribution >= 4 is 20.5 Å². The van der Waals surface area contributed by atoms with Crippen LogP contribution in [0.25, 0.3) is 0 Å². The first-order valence-corrected chi connectivity index (χ1v) is 9.23. The van der Waals surface area contributed by atoms with E-state index in [2.05, 4.69) is 66.7 Å². The minimum atomic E-state index is 0.453. The summed E-state index contributed by atoms with van der Waals surface area (Å²) in [5.41, 5.74) is 7.54. The van der Waals surface area contributed by atoms with Gasteiger partial charge in [0.2, 0.25) is 0 Å². The van der Waals surface area contributed by atoms with Crippen LogP contribution in [0, 0.1) is 0 Å². The van der Waals surface area contributed by atoms with Crippen molar-refractivity contribution in [3.05, 3.63) is 46.1 Å². The Morgan fingerprint density at radius 1 is 0.842 bits per heavy atom. The molecule has 0 amide bonds. The molecule has 0 nitrogen and oxygen atoms in total. The lowest BCUT2D eigenvalue weighted by Crippen LogP contribution is -2.02. The van der Waals surface area contributed by atoms with E-state index >= 15 is 0 Å². The van der Waals surface area contributed by atoms with Gasteiger partial charge in [0.15, 0.2) is 0 Å². The maximum Gasteiger partial charge on any atom is 0.0202 e. The molecule has 0 aromatic carbocycles. The van der Waals surface area contributed by atoms with Crippen LogP contribution in [-0.2, 0) is 0 Å². The quantitative estimate of drug-likeness (QED) is 0.601. The lowest BCUT2D eigenvalue weighted by Gasteiger charge is -2.17. The van der Waals surface area contributed by atoms with Gasteiger partial charge in [0, 0.05) is 20.5 Å². The van der Waals surface area contributed by atoms with Crippen LogP contribution in [0.15, 0.2) is 46.1 Å². The average molecular weight is 291 g/mol. The van der Waals surface area contributed by atoms with Gasteiger partial charge in [0.25, 0.3) is 0 Å². The van der Waals surface area contributed by atoms with Gasteiger partial charge in [-0.2, -0.15) is 0 Å². The van der Waals surface area contributed by atoms with Gasteiger partial charge in [-0.15, -0.1) is 0 Å². The molecule has 0 saturated carbocycles. The maximum atomic E-state index is 2.41. The van der Waals surface area contributed by atoms with Crippen LogP contribution in [0.5, 0.6) is 0 Å². The van der Waals surface area contributed by atoms with E-state index in [4.69, 9.17) is 0 Å². The van der Waals surface area contributed by atoms with Crippen LogP contribution in [-0.4, -0.2) is 20.5 Å². The minimum absolute atomic E-state index is 0.453. The van der Waals surface area contributed by atoms with Gasteiger partial charge in [-0.3, -0.25) is 0 Å². The highest BCUT2D eigenvalue weighted by Crippen LogP contribution is 2.43. The molecule has 2 unspecified atom stereocenters. The summed E-state index contributed by atoms with van der Waals surface area (Å²) in [6.45, 7) is 15.7. The predicted octanol–water partition coefficient (Wildman–Crippen LogP) is 3.26. The molecule has 0 saturated heterocycles. The minimum Gasteiger partial charge on any atom is -0.0754 e. The number of hydrogen-bond donors (Lipinski definition) is 0. The van der Waals surface area contributed by atoms with Gasteiger partial charge >= 0.3 is 0 Å². The summed E-state index contributed by atoms with van der Waals surface area (Å²) in [6, 6.07) is 0. The van der Waals surface area contributed by atoms with E-state index in [1.807, 2.05) is 0 Å². The van der Waals surface area contributed by atoms with Gasteiger partial charge in [0.05, 0.1) is 0 Å². The van der Waals surface area contributed by atoms with Crippen LogP contribution in [0.3, 0.4) is 0 Å². The standard InChI is InChI=1S/C9H16Si.C8H14Si/c1-6-5-9(4,10)8(3)7(6)2;1-6-4-7(2)8(3,9)5-6/h5H,1-4,10H3;4-5H,1-3,9H3. The average Bonchev–Trinajstić information content (AvgIpc) is 2.56. The van der Waals surface area contributed by atoms with E-state index in [0.717, 1.165) is 0 Å². The summed E-state index contributed by atoms with van der Waals surface area (Å²) in [5, 5.41) is 0.915. The van der Waals surface area contributed by atoms with Crippen molar-refractivity contribution in [3.8, 4) is 0 Å². The fourth-order valence-electron chi connectivity index (χ4n) is 2.79. The van der Waals surface area contributed by atoms with E-state index < -0.39 is 0 Å². The van der Waals surface area contributed by atoms with E-state index in [9.17, 15) is 0 Å². The molecule has 0 aliphatic heterocycles. The molecule has 19 heavy (non-hydrogen) atoms. The third-order valence-corrected chi connectivity index (χ3v) is 6.86. The molecule has 0 radical (unpaired) electrons. The first-order valence-electron chi connectivity index (χ1n) is 7.23. The molecule has 2 rings (SSSR count). The molecule has 106 valence electrons. The zero-order chi connectivity index (χ0) is 15.0. The molecule has 0 N–H and O–H groups in total. The predicted molar refractivity (Wildman–Crippen MR) is 96.3 cm³/mol. The first-order chi connectivity index (χ1) is 8.47. The monoisotopic (exact) mass is 290 g/mol. The second-order valence-electron chi connectivity index (χ2n) is 7.24. The second kappa shape index (κ2) is 5.41. The lowest BCUT2D eigenvalue weighted by molar-refractivity contribution is 0.902. The highest BCUT2D eigenvalue weighted by molar-refractivity contribution is 6.19. The van der Waals surface area contributed by atoms with Crippen LogP contribution < -0.4 is 0 Å². The van der Waals surface area contributed by atoms with Crippen molar-refractivity contribution in [2.75, 3.05) is 0 Å². The Labute approximate surface area is 125 Å². The van der Waals surface area contributed by atoms with Crippen molar-refractivity contribution < 1.29 is 0 Å².